The molecule has 2 aliphatic rings. The number of likely N-dealkylation sites (tertiary alicyclic amines) is 1. The number of ether oxygens (including phenoxy) is 1. The van der Waals surface area contributed by atoms with E-state index in [0.29, 0.717) is 31.9 Å². The molecule has 0 spiro atoms. The lowest BCUT2D eigenvalue weighted by molar-refractivity contribution is -0.907. The van der Waals surface area contributed by atoms with Gasteiger partial charge in [0.25, 0.3) is 5.91 Å². The number of nitrogens with one attached hydrogen (secondary N) is 1. The normalized spacial score (nSPS) is 22.2. The van der Waals surface area contributed by atoms with Gasteiger partial charge >= 0.3 is 0 Å². The fourth-order valence-electron chi connectivity index (χ4n) is 3.93. The predicted molar refractivity (Wildman–Crippen MR) is 103 cm³/mol. The number of hydrogen-bond donors (Lipinski definition) is 1. The van der Waals surface area contributed by atoms with Gasteiger partial charge in [0.15, 0.2) is 0 Å². The zero-order valence-corrected chi connectivity index (χ0v) is 16.0. The van der Waals surface area contributed by atoms with Crippen LogP contribution in [0.4, 0.5) is 0 Å². The number of amides is 1. The molecule has 0 aliphatic carbocycles. The van der Waals surface area contributed by atoms with Crippen molar-refractivity contribution in [3.63, 3.8) is 0 Å². The largest absolute Gasteiger partial charge is 0.872 e. The lowest BCUT2D eigenvalue weighted by atomic mass is 9.95. The monoisotopic (exact) mass is 393 g/mol. The summed E-state index contributed by atoms with van der Waals surface area (Å²) >= 11 is 0. The van der Waals surface area contributed by atoms with Crippen LogP contribution >= 0.6 is 0 Å². The number of carbonyl (C=O) groups excluding carboxylic acids is 2. The zero-order valence-electron chi connectivity index (χ0n) is 16.0. The quantitative estimate of drug-likeness (QED) is 0.409. The van der Waals surface area contributed by atoms with Crippen molar-refractivity contribution >= 4 is 17.4 Å². The van der Waals surface area contributed by atoms with E-state index < -0.39 is 23.5 Å². The fraction of sp³-hybridized carbons (Fsp3) is 0.318. The summed E-state index contributed by atoms with van der Waals surface area (Å²) in [4.78, 5) is 32.5. The summed E-state index contributed by atoms with van der Waals surface area (Å²) in [5, 5.41) is 13.2. The van der Waals surface area contributed by atoms with Crippen LogP contribution in [-0.2, 0) is 14.3 Å². The van der Waals surface area contributed by atoms with E-state index in [9.17, 15) is 14.7 Å². The average molecular weight is 393 g/mol. The highest BCUT2D eigenvalue weighted by Gasteiger charge is 2.44. The van der Waals surface area contributed by atoms with Crippen LogP contribution in [0.25, 0.3) is 5.76 Å². The molecule has 1 atom stereocenters. The van der Waals surface area contributed by atoms with Crippen molar-refractivity contribution in [3.8, 4) is 0 Å². The van der Waals surface area contributed by atoms with Crippen LogP contribution in [0, 0.1) is 0 Å². The van der Waals surface area contributed by atoms with Gasteiger partial charge in [-0.25, -0.2) is 0 Å². The van der Waals surface area contributed by atoms with Crippen LogP contribution in [0.2, 0.25) is 0 Å². The summed E-state index contributed by atoms with van der Waals surface area (Å²) in [6.45, 7) is 4.26. The van der Waals surface area contributed by atoms with Crippen molar-refractivity contribution in [2.24, 2.45) is 0 Å². The zero-order chi connectivity index (χ0) is 20.2. The highest BCUT2D eigenvalue weighted by molar-refractivity contribution is 6.46. The lowest BCUT2D eigenvalue weighted by Gasteiger charge is -2.30. The third-order valence-electron chi connectivity index (χ3n) is 5.49. The minimum absolute atomic E-state index is 0.0179. The third-order valence-corrected chi connectivity index (χ3v) is 5.49. The Labute approximate surface area is 169 Å². The molecule has 7 nitrogen and oxygen atoms in total. The molecule has 1 aromatic heterocycles. The average Bonchev–Trinajstić information content (AvgIpc) is 3.04. The third kappa shape index (κ3) is 3.92. The molecule has 1 N–H and O–H groups in total. The predicted octanol–water partition coefficient (Wildman–Crippen LogP) is -0.779. The van der Waals surface area contributed by atoms with Crippen LogP contribution < -0.4 is 10.0 Å². The van der Waals surface area contributed by atoms with Crippen LogP contribution in [0.3, 0.4) is 0 Å². The van der Waals surface area contributed by atoms with E-state index >= 15 is 0 Å². The van der Waals surface area contributed by atoms with Crippen molar-refractivity contribution < 1.29 is 24.3 Å². The molecule has 4 rings (SSSR count). The Bertz CT molecular complexity index is 908. The molecule has 2 fully saturated rings. The Morgan fingerprint density at radius 3 is 2.48 bits per heavy atom. The Hall–Kier alpha value is -3.03. The first-order valence-corrected chi connectivity index (χ1v) is 9.80. The first kappa shape index (κ1) is 19.3. The Morgan fingerprint density at radius 1 is 1.10 bits per heavy atom. The second kappa shape index (κ2) is 8.55. The number of pyridine rings is 1. The Morgan fingerprint density at radius 2 is 1.79 bits per heavy atom. The van der Waals surface area contributed by atoms with E-state index in [1.165, 1.54) is 17.3 Å². The minimum Gasteiger partial charge on any atom is -0.872 e. The number of ketones is 1. The first-order chi connectivity index (χ1) is 14.2. The van der Waals surface area contributed by atoms with Crippen LogP contribution in [0.15, 0.2) is 60.4 Å². The lowest BCUT2D eigenvalue weighted by Crippen LogP contribution is -3.14. The fourth-order valence-corrected chi connectivity index (χ4v) is 3.93. The molecule has 0 bridgehead atoms. The van der Waals surface area contributed by atoms with E-state index in [2.05, 4.69) is 4.98 Å². The summed E-state index contributed by atoms with van der Waals surface area (Å²) < 4.78 is 5.39. The van der Waals surface area contributed by atoms with E-state index in [-0.39, 0.29) is 5.57 Å². The van der Waals surface area contributed by atoms with Crippen molar-refractivity contribution in [2.75, 3.05) is 39.4 Å². The highest BCUT2D eigenvalue weighted by atomic mass is 16.5. The Balaban J connectivity index is 1.70. The number of quaternary nitrogens is 1. The highest BCUT2D eigenvalue weighted by Crippen LogP contribution is 2.38. The van der Waals surface area contributed by atoms with Gasteiger partial charge in [-0.15, -0.1) is 0 Å². The maximum Gasteiger partial charge on any atom is 0.295 e. The van der Waals surface area contributed by atoms with Gasteiger partial charge in [-0.05, 0) is 23.3 Å². The molecule has 1 unspecified atom stereocenters. The molecule has 1 amide bonds. The summed E-state index contributed by atoms with van der Waals surface area (Å²) in [6, 6.07) is 11.7. The van der Waals surface area contributed by atoms with E-state index in [1.54, 1.807) is 17.0 Å². The van der Waals surface area contributed by atoms with Gasteiger partial charge in [-0.1, -0.05) is 36.1 Å². The van der Waals surface area contributed by atoms with Crippen LogP contribution in [-0.4, -0.2) is 61.0 Å². The second-order valence-corrected chi connectivity index (χ2v) is 7.23. The minimum atomic E-state index is -0.711. The summed E-state index contributed by atoms with van der Waals surface area (Å²) in [5.74, 6) is -1.73. The first-order valence-electron chi connectivity index (χ1n) is 9.80. The molecular weight excluding hydrogens is 370 g/mol. The summed E-state index contributed by atoms with van der Waals surface area (Å²) in [7, 11) is 0. The van der Waals surface area contributed by atoms with Gasteiger partial charge in [-0.2, -0.15) is 0 Å². The van der Waals surface area contributed by atoms with Gasteiger partial charge in [0.1, 0.15) is 13.1 Å². The number of benzene rings is 1. The van der Waals surface area contributed by atoms with Gasteiger partial charge in [0.05, 0.1) is 32.3 Å². The van der Waals surface area contributed by atoms with E-state index in [0.717, 1.165) is 18.7 Å². The summed E-state index contributed by atoms with van der Waals surface area (Å²) in [6.07, 6.45) is 3.01. The van der Waals surface area contributed by atoms with Crippen LogP contribution in [0.5, 0.6) is 0 Å². The molecule has 7 heteroatoms. The van der Waals surface area contributed by atoms with Gasteiger partial charge in [-0.3, -0.25) is 14.6 Å². The van der Waals surface area contributed by atoms with Gasteiger partial charge in [0, 0.05) is 18.0 Å². The number of morpholine rings is 1. The summed E-state index contributed by atoms with van der Waals surface area (Å²) in [5.41, 5.74) is 1.14. The van der Waals surface area contributed by atoms with Crippen LogP contribution in [0.1, 0.15) is 17.2 Å². The topological polar surface area (TPSA) is 87.0 Å². The molecule has 150 valence electrons. The van der Waals surface area contributed by atoms with Crippen molar-refractivity contribution in [3.05, 3.63) is 71.6 Å². The molecule has 2 aromatic rings. The number of Topliss-reactive ketones (excluding diaryl/α,β-unsaturated/α-hetero) is 1. The van der Waals surface area contributed by atoms with Crippen molar-refractivity contribution in [1.29, 1.82) is 0 Å². The molecule has 1 aromatic carbocycles. The number of aromatic nitrogens is 1. The standard InChI is InChI=1S/C22H23N3O4/c26-20(17-6-8-23-9-7-17)18-19(16-4-2-1-3-5-16)25(22(28)21(18)27)11-10-24-12-14-29-15-13-24/h1-9,19,26H,10-15H2. The van der Waals surface area contributed by atoms with Gasteiger partial charge in [0.2, 0.25) is 5.78 Å². The Kier molecular flexibility index (Phi) is 5.69. The van der Waals surface area contributed by atoms with E-state index in [1.807, 2.05) is 30.3 Å². The molecule has 3 heterocycles. The molecule has 0 radical (unpaired) electrons. The van der Waals surface area contributed by atoms with Gasteiger partial charge < -0.3 is 19.6 Å². The number of nitrogens with zero attached hydrogens (tertiary/aromatic N) is 2. The molecule has 0 saturated carbocycles. The molecular formula is C22H23N3O4. The van der Waals surface area contributed by atoms with Crippen molar-refractivity contribution in [2.45, 2.75) is 6.04 Å². The SMILES string of the molecule is O=C1C(=O)N(CC[NH+]2CCOCC2)C(c2ccccc2)C1=C([O-])c1ccncc1. The molecule has 2 aliphatic heterocycles. The maximum atomic E-state index is 13.2. The second-order valence-electron chi connectivity index (χ2n) is 7.23. The van der Waals surface area contributed by atoms with E-state index in [4.69, 9.17) is 4.74 Å². The van der Waals surface area contributed by atoms with Crippen molar-refractivity contribution in [1.82, 2.24) is 9.88 Å². The number of carbonyl (C=O) groups is 2. The smallest absolute Gasteiger partial charge is 0.295 e. The number of rotatable bonds is 5. The molecule has 29 heavy (non-hydrogen) atoms. The number of hydrogen-bond acceptors (Lipinski definition) is 5. The molecule has 2 saturated heterocycles. The maximum absolute atomic E-state index is 13.2.